The third-order valence-electron chi connectivity index (χ3n) is 4.45. The van der Waals surface area contributed by atoms with E-state index in [-0.39, 0.29) is 0 Å². The lowest BCUT2D eigenvalue weighted by Crippen LogP contribution is -1.89. The van der Waals surface area contributed by atoms with Gasteiger partial charge in [0.05, 0.1) is 0 Å². The number of hydrogen-bond donors (Lipinski definition) is 0. The van der Waals surface area contributed by atoms with Crippen LogP contribution in [0.2, 0.25) is 0 Å². The molecule has 0 aliphatic rings. The second-order valence-corrected chi connectivity index (χ2v) is 7.20. The van der Waals surface area contributed by atoms with E-state index in [4.69, 9.17) is 0 Å². The van der Waals surface area contributed by atoms with Gasteiger partial charge in [-0.05, 0) is 33.5 Å². The zero-order valence-electron chi connectivity index (χ0n) is 14.5. The summed E-state index contributed by atoms with van der Waals surface area (Å²) in [5.41, 5.74) is 3.81. The Kier molecular flexibility index (Phi) is 5.18. The highest BCUT2D eigenvalue weighted by atomic mass is 32.2. The Morgan fingerprint density at radius 3 is 1.88 bits per heavy atom. The third kappa shape index (κ3) is 3.74. The van der Waals surface area contributed by atoms with Crippen molar-refractivity contribution in [3.63, 3.8) is 0 Å². The van der Waals surface area contributed by atoms with E-state index >= 15 is 0 Å². The maximum Gasteiger partial charge on any atom is 0.0170 e. The van der Waals surface area contributed by atoms with Crippen LogP contribution in [0, 0.1) is 0 Å². The van der Waals surface area contributed by atoms with Crippen LogP contribution in [0.4, 0.5) is 0 Å². The average Bonchev–Trinajstić information content (AvgIpc) is 2.72. The standard InChI is InChI=1S/C25H20S/c1-3-10-20(11-4-1)23(21-12-5-2-6-13-21)18-19-26-25-17-9-15-22-14-7-8-16-24(22)25/h1-18H,19H2. The highest BCUT2D eigenvalue weighted by molar-refractivity contribution is 7.99. The van der Waals surface area contributed by atoms with Crippen LogP contribution in [-0.2, 0) is 0 Å². The summed E-state index contributed by atoms with van der Waals surface area (Å²) in [6, 6.07) is 36.4. The molecule has 0 aromatic heterocycles. The van der Waals surface area contributed by atoms with E-state index in [0.717, 1.165) is 5.75 Å². The number of rotatable bonds is 5. The zero-order valence-corrected chi connectivity index (χ0v) is 15.3. The molecule has 4 rings (SSSR count). The molecule has 0 N–H and O–H groups in total. The molecule has 0 heterocycles. The van der Waals surface area contributed by atoms with Crippen LogP contribution in [-0.4, -0.2) is 5.75 Å². The van der Waals surface area contributed by atoms with E-state index in [9.17, 15) is 0 Å². The molecular weight excluding hydrogens is 332 g/mol. The van der Waals surface area contributed by atoms with Gasteiger partial charge < -0.3 is 0 Å². The third-order valence-corrected chi connectivity index (χ3v) is 5.45. The zero-order chi connectivity index (χ0) is 17.6. The van der Waals surface area contributed by atoms with E-state index in [1.165, 1.54) is 32.4 Å². The maximum absolute atomic E-state index is 2.34. The SMILES string of the molecule is C(CSc1cccc2ccccc12)=C(c1ccccc1)c1ccccc1. The van der Waals surface area contributed by atoms with Crippen molar-refractivity contribution < 1.29 is 0 Å². The van der Waals surface area contributed by atoms with E-state index in [0.29, 0.717) is 0 Å². The number of fused-ring (bicyclic) bond motifs is 1. The maximum atomic E-state index is 2.34. The minimum atomic E-state index is 0.938. The molecule has 1 heteroatoms. The molecule has 4 aromatic carbocycles. The molecule has 0 fully saturated rings. The van der Waals surface area contributed by atoms with Gasteiger partial charge >= 0.3 is 0 Å². The Hall–Kier alpha value is -2.77. The van der Waals surface area contributed by atoms with Gasteiger partial charge in [-0.2, -0.15) is 0 Å². The topological polar surface area (TPSA) is 0 Å². The van der Waals surface area contributed by atoms with Crippen molar-refractivity contribution in [2.75, 3.05) is 5.75 Å². The molecule has 0 aliphatic heterocycles. The van der Waals surface area contributed by atoms with Gasteiger partial charge in [0.25, 0.3) is 0 Å². The molecule has 0 radical (unpaired) electrons. The molecule has 26 heavy (non-hydrogen) atoms. The Morgan fingerprint density at radius 1 is 0.615 bits per heavy atom. The molecular formula is C25H20S. The van der Waals surface area contributed by atoms with Crippen LogP contribution in [0.15, 0.2) is 114 Å². The van der Waals surface area contributed by atoms with Gasteiger partial charge in [0.1, 0.15) is 0 Å². The summed E-state index contributed by atoms with van der Waals surface area (Å²) in [4.78, 5) is 1.33. The van der Waals surface area contributed by atoms with E-state index in [2.05, 4.69) is 109 Å². The lowest BCUT2D eigenvalue weighted by atomic mass is 9.98. The second-order valence-electron chi connectivity index (χ2n) is 6.14. The monoisotopic (exact) mass is 352 g/mol. The molecule has 4 aromatic rings. The fourth-order valence-electron chi connectivity index (χ4n) is 3.17. The minimum Gasteiger partial charge on any atom is -0.121 e. The molecule has 0 saturated carbocycles. The van der Waals surface area contributed by atoms with Gasteiger partial charge in [-0.1, -0.05) is 103 Å². The molecule has 0 saturated heterocycles. The first-order valence-electron chi connectivity index (χ1n) is 8.83. The molecule has 0 aliphatic carbocycles. The fourth-order valence-corrected chi connectivity index (χ4v) is 4.12. The number of hydrogen-bond acceptors (Lipinski definition) is 1. The summed E-state index contributed by atoms with van der Waals surface area (Å²) in [5.74, 6) is 0.938. The quantitative estimate of drug-likeness (QED) is 0.346. The second kappa shape index (κ2) is 8.07. The number of benzene rings is 4. The molecule has 0 amide bonds. The Labute approximate surface area is 159 Å². The van der Waals surface area contributed by atoms with Crippen molar-refractivity contribution in [3.8, 4) is 0 Å². The average molecular weight is 353 g/mol. The van der Waals surface area contributed by atoms with Crippen molar-refractivity contribution in [2.24, 2.45) is 0 Å². The summed E-state index contributed by atoms with van der Waals surface area (Å²) >= 11 is 1.89. The van der Waals surface area contributed by atoms with Crippen LogP contribution in [0.3, 0.4) is 0 Å². The van der Waals surface area contributed by atoms with E-state index in [1.54, 1.807) is 0 Å². The largest absolute Gasteiger partial charge is 0.121 e. The predicted octanol–water partition coefficient (Wildman–Crippen LogP) is 7.06. The summed E-state index contributed by atoms with van der Waals surface area (Å²) in [6.45, 7) is 0. The van der Waals surface area contributed by atoms with Crippen LogP contribution in [0.25, 0.3) is 16.3 Å². The predicted molar refractivity (Wildman–Crippen MR) is 115 cm³/mol. The summed E-state index contributed by atoms with van der Waals surface area (Å²) in [6.07, 6.45) is 2.34. The highest BCUT2D eigenvalue weighted by Gasteiger charge is 2.05. The van der Waals surface area contributed by atoms with Gasteiger partial charge in [-0.15, -0.1) is 11.8 Å². The smallest absolute Gasteiger partial charge is 0.0170 e. The fraction of sp³-hybridized carbons (Fsp3) is 0.0400. The summed E-state index contributed by atoms with van der Waals surface area (Å²) in [7, 11) is 0. The lowest BCUT2D eigenvalue weighted by Gasteiger charge is -2.09. The first-order valence-corrected chi connectivity index (χ1v) is 9.82. The molecule has 0 bridgehead atoms. The van der Waals surface area contributed by atoms with Crippen molar-refractivity contribution in [2.45, 2.75) is 4.90 Å². The summed E-state index contributed by atoms with van der Waals surface area (Å²) in [5, 5.41) is 2.63. The van der Waals surface area contributed by atoms with Gasteiger partial charge in [0.15, 0.2) is 0 Å². The minimum absolute atomic E-state index is 0.938. The van der Waals surface area contributed by atoms with Gasteiger partial charge in [-0.3, -0.25) is 0 Å². The molecule has 0 unspecified atom stereocenters. The van der Waals surface area contributed by atoms with Crippen LogP contribution < -0.4 is 0 Å². The van der Waals surface area contributed by atoms with Gasteiger partial charge in [0.2, 0.25) is 0 Å². The number of thioether (sulfide) groups is 1. The molecule has 0 nitrogen and oxygen atoms in total. The molecule has 0 spiro atoms. The van der Waals surface area contributed by atoms with E-state index in [1.807, 2.05) is 11.8 Å². The van der Waals surface area contributed by atoms with E-state index < -0.39 is 0 Å². The summed E-state index contributed by atoms with van der Waals surface area (Å²) < 4.78 is 0. The first-order chi connectivity index (χ1) is 12.9. The van der Waals surface area contributed by atoms with Crippen LogP contribution in [0.1, 0.15) is 11.1 Å². The Balaban J connectivity index is 1.63. The normalized spacial score (nSPS) is 10.6. The lowest BCUT2D eigenvalue weighted by molar-refractivity contribution is 1.51. The van der Waals surface area contributed by atoms with Crippen molar-refractivity contribution >= 4 is 28.1 Å². The highest BCUT2D eigenvalue weighted by Crippen LogP contribution is 2.30. The van der Waals surface area contributed by atoms with Gasteiger partial charge in [-0.25, -0.2) is 0 Å². The Morgan fingerprint density at radius 2 is 1.19 bits per heavy atom. The Bertz CT molecular complexity index is 971. The van der Waals surface area contributed by atoms with Crippen LogP contribution in [0.5, 0.6) is 0 Å². The van der Waals surface area contributed by atoms with Crippen molar-refractivity contribution in [1.82, 2.24) is 0 Å². The van der Waals surface area contributed by atoms with Crippen molar-refractivity contribution in [3.05, 3.63) is 120 Å². The van der Waals surface area contributed by atoms with Crippen LogP contribution >= 0.6 is 11.8 Å². The molecule has 0 atom stereocenters. The van der Waals surface area contributed by atoms with Gasteiger partial charge in [0, 0.05) is 10.6 Å². The molecule has 126 valence electrons. The first kappa shape index (κ1) is 16.7. The van der Waals surface area contributed by atoms with Crippen molar-refractivity contribution in [1.29, 1.82) is 0 Å².